The largest absolute Gasteiger partial charge is 0.360 e. The van der Waals surface area contributed by atoms with Crippen molar-refractivity contribution >= 4 is 11.3 Å². The zero-order valence-electron chi connectivity index (χ0n) is 11.6. The van der Waals surface area contributed by atoms with Gasteiger partial charge in [0.2, 0.25) is 5.82 Å². The van der Waals surface area contributed by atoms with Crippen LogP contribution in [0.2, 0.25) is 0 Å². The van der Waals surface area contributed by atoms with Gasteiger partial charge in [0.05, 0.1) is 0 Å². The van der Waals surface area contributed by atoms with E-state index in [4.69, 9.17) is 5.26 Å². The molecule has 1 heterocycles. The Kier molecular flexibility index (Phi) is 3.89. The molecule has 0 aliphatic heterocycles. The molecule has 106 valence electrons. The second-order valence-corrected chi connectivity index (χ2v) is 4.50. The molecule has 0 unspecified atom stereocenters. The average Bonchev–Trinajstić information content (AvgIpc) is 3.11. The number of H-pyrrole nitrogens is 1. The second-order valence-electron chi connectivity index (χ2n) is 4.50. The zero-order chi connectivity index (χ0) is 15.2. The standard InChI is InChI=1S/C16H12N6/c17-10-14(16-19-21-22-20-16)11-18-15-8-4-7-13(9-15)12-5-2-1-3-6-12/h1-9,11,18H,(H,19,20,21,22). The predicted octanol–water partition coefficient (Wildman–Crippen LogP) is 2.84. The van der Waals surface area contributed by atoms with Crippen molar-refractivity contribution in [3.05, 3.63) is 66.6 Å². The fourth-order valence-electron chi connectivity index (χ4n) is 2.00. The number of aromatic nitrogens is 4. The van der Waals surface area contributed by atoms with Crippen LogP contribution in [0.5, 0.6) is 0 Å². The van der Waals surface area contributed by atoms with Crippen molar-refractivity contribution in [2.75, 3.05) is 5.32 Å². The van der Waals surface area contributed by atoms with Gasteiger partial charge in [-0.2, -0.15) is 10.5 Å². The van der Waals surface area contributed by atoms with Gasteiger partial charge in [-0.25, -0.2) is 0 Å². The van der Waals surface area contributed by atoms with Crippen molar-refractivity contribution in [3.8, 4) is 17.2 Å². The Labute approximate surface area is 127 Å². The number of aromatic amines is 1. The van der Waals surface area contributed by atoms with E-state index in [1.165, 1.54) is 0 Å². The third-order valence-corrected chi connectivity index (χ3v) is 3.06. The lowest BCUT2D eigenvalue weighted by Crippen LogP contribution is -1.93. The molecule has 22 heavy (non-hydrogen) atoms. The SMILES string of the molecule is N#CC(=CNc1cccc(-c2ccccc2)c1)c1nn[nH]n1. The summed E-state index contributed by atoms with van der Waals surface area (Å²) in [4.78, 5) is 0. The lowest BCUT2D eigenvalue weighted by atomic mass is 10.1. The molecule has 2 N–H and O–H groups in total. The number of tetrazole rings is 1. The third-order valence-electron chi connectivity index (χ3n) is 3.06. The minimum absolute atomic E-state index is 0.259. The molecule has 1 aromatic heterocycles. The van der Waals surface area contributed by atoms with E-state index in [0.717, 1.165) is 16.8 Å². The molecule has 0 saturated carbocycles. The maximum atomic E-state index is 9.13. The lowest BCUT2D eigenvalue weighted by molar-refractivity contribution is 0.881. The van der Waals surface area contributed by atoms with Crippen LogP contribution < -0.4 is 5.32 Å². The van der Waals surface area contributed by atoms with E-state index >= 15 is 0 Å². The van der Waals surface area contributed by atoms with Crippen LogP contribution in [0.1, 0.15) is 5.82 Å². The fraction of sp³-hybridized carbons (Fsp3) is 0. The number of allylic oxidation sites excluding steroid dienone is 1. The first-order chi connectivity index (χ1) is 10.9. The smallest absolute Gasteiger partial charge is 0.216 e. The number of nitrogens with one attached hydrogen (secondary N) is 2. The van der Waals surface area contributed by atoms with Gasteiger partial charge in [-0.15, -0.1) is 10.2 Å². The van der Waals surface area contributed by atoms with Crippen molar-refractivity contribution in [1.82, 2.24) is 20.6 Å². The summed E-state index contributed by atoms with van der Waals surface area (Å²) in [6.45, 7) is 0. The minimum Gasteiger partial charge on any atom is -0.360 e. The zero-order valence-corrected chi connectivity index (χ0v) is 11.6. The molecule has 0 spiro atoms. The molecule has 3 rings (SSSR count). The van der Waals surface area contributed by atoms with Crippen LogP contribution in [0.25, 0.3) is 16.7 Å². The summed E-state index contributed by atoms with van der Waals surface area (Å²) in [5, 5.41) is 25.6. The summed E-state index contributed by atoms with van der Waals surface area (Å²) in [5.74, 6) is 0.259. The number of benzene rings is 2. The van der Waals surface area contributed by atoms with Crippen LogP contribution in [0, 0.1) is 11.3 Å². The molecule has 0 amide bonds. The van der Waals surface area contributed by atoms with Crippen molar-refractivity contribution in [2.45, 2.75) is 0 Å². The highest BCUT2D eigenvalue weighted by Gasteiger charge is 2.05. The van der Waals surface area contributed by atoms with Gasteiger partial charge < -0.3 is 5.32 Å². The summed E-state index contributed by atoms with van der Waals surface area (Å²) in [6, 6.07) is 20.0. The normalized spacial score (nSPS) is 11.0. The molecule has 0 radical (unpaired) electrons. The van der Waals surface area contributed by atoms with Crippen molar-refractivity contribution in [1.29, 1.82) is 5.26 Å². The molecule has 0 fully saturated rings. The molecule has 6 nitrogen and oxygen atoms in total. The molecule has 0 atom stereocenters. The molecule has 0 aliphatic carbocycles. The van der Waals surface area contributed by atoms with E-state index in [1.54, 1.807) is 6.20 Å². The maximum Gasteiger partial charge on any atom is 0.216 e. The van der Waals surface area contributed by atoms with Gasteiger partial charge in [-0.05, 0) is 28.5 Å². The molecule has 0 aliphatic rings. The van der Waals surface area contributed by atoms with Crippen LogP contribution in [0.3, 0.4) is 0 Å². The molecule has 3 aromatic rings. The van der Waals surface area contributed by atoms with Crippen molar-refractivity contribution in [3.63, 3.8) is 0 Å². The van der Waals surface area contributed by atoms with E-state index in [1.807, 2.05) is 48.5 Å². The quantitative estimate of drug-likeness (QED) is 0.720. The van der Waals surface area contributed by atoms with Gasteiger partial charge in [0.25, 0.3) is 0 Å². The highest BCUT2D eigenvalue weighted by atomic mass is 15.5. The van der Waals surface area contributed by atoms with Gasteiger partial charge in [-0.3, -0.25) is 0 Å². The van der Waals surface area contributed by atoms with Crippen LogP contribution in [-0.4, -0.2) is 20.6 Å². The van der Waals surface area contributed by atoms with Crippen molar-refractivity contribution < 1.29 is 0 Å². The van der Waals surface area contributed by atoms with Gasteiger partial charge in [-0.1, -0.05) is 42.5 Å². The number of hydrogen-bond donors (Lipinski definition) is 2. The molecule has 0 bridgehead atoms. The summed E-state index contributed by atoms with van der Waals surface area (Å²) in [5.41, 5.74) is 3.40. The lowest BCUT2D eigenvalue weighted by Gasteiger charge is -2.05. The predicted molar refractivity (Wildman–Crippen MR) is 83.3 cm³/mol. The van der Waals surface area contributed by atoms with Crippen LogP contribution in [0.4, 0.5) is 5.69 Å². The average molecular weight is 288 g/mol. The van der Waals surface area contributed by atoms with E-state index < -0.39 is 0 Å². The fourth-order valence-corrected chi connectivity index (χ4v) is 2.00. The highest BCUT2D eigenvalue weighted by Crippen LogP contribution is 2.22. The molecular formula is C16H12N6. The summed E-state index contributed by atoms with van der Waals surface area (Å²) in [7, 11) is 0. The number of nitrogens with zero attached hydrogens (tertiary/aromatic N) is 4. The van der Waals surface area contributed by atoms with E-state index in [9.17, 15) is 0 Å². The molecule has 2 aromatic carbocycles. The Morgan fingerprint density at radius 1 is 1.09 bits per heavy atom. The molecule has 6 heteroatoms. The van der Waals surface area contributed by atoms with Crippen molar-refractivity contribution in [2.24, 2.45) is 0 Å². The molecular weight excluding hydrogens is 276 g/mol. The van der Waals surface area contributed by atoms with Gasteiger partial charge >= 0.3 is 0 Å². The van der Waals surface area contributed by atoms with Gasteiger partial charge in [0.15, 0.2) is 0 Å². The van der Waals surface area contributed by atoms with E-state index in [2.05, 4.69) is 38.1 Å². The van der Waals surface area contributed by atoms with Crippen LogP contribution in [-0.2, 0) is 0 Å². The van der Waals surface area contributed by atoms with E-state index in [0.29, 0.717) is 5.57 Å². The minimum atomic E-state index is 0.259. The first-order valence-electron chi connectivity index (χ1n) is 6.63. The first kappa shape index (κ1) is 13.5. The number of rotatable bonds is 4. The Balaban J connectivity index is 1.83. The number of anilines is 1. The summed E-state index contributed by atoms with van der Waals surface area (Å²) in [6.07, 6.45) is 1.56. The Bertz CT molecular complexity index is 815. The van der Waals surface area contributed by atoms with Crippen LogP contribution >= 0.6 is 0 Å². The number of hydrogen-bond acceptors (Lipinski definition) is 5. The number of nitriles is 1. The monoisotopic (exact) mass is 288 g/mol. The topological polar surface area (TPSA) is 90.3 Å². The molecule has 0 saturated heterocycles. The van der Waals surface area contributed by atoms with E-state index in [-0.39, 0.29) is 5.82 Å². The maximum absolute atomic E-state index is 9.13. The Hall–Kier alpha value is -3.46. The first-order valence-corrected chi connectivity index (χ1v) is 6.63. The van der Waals surface area contributed by atoms with Gasteiger partial charge in [0.1, 0.15) is 11.6 Å². The Morgan fingerprint density at radius 2 is 1.91 bits per heavy atom. The highest BCUT2D eigenvalue weighted by molar-refractivity contribution is 5.75. The summed E-state index contributed by atoms with van der Waals surface area (Å²) < 4.78 is 0. The van der Waals surface area contributed by atoms with Crippen LogP contribution in [0.15, 0.2) is 60.8 Å². The third kappa shape index (κ3) is 2.99. The second kappa shape index (κ2) is 6.33. The Morgan fingerprint density at radius 3 is 2.64 bits per heavy atom. The van der Waals surface area contributed by atoms with Gasteiger partial charge in [0, 0.05) is 11.9 Å². The summed E-state index contributed by atoms with van der Waals surface area (Å²) >= 11 is 0.